The van der Waals surface area contributed by atoms with Crippen molar-refractivity contribution in [2.45, 2.75) is 19.9 Å². The highest BCUT2D eigenvalue weighted by Gasteiger charge is 2.14. The molecule has 32 heavy (non-hydrogen) atoms. The van der Waals surface area contributed by atoms with Crippen LogP contribution in [-0.2, 0) is 0 Å². The van der Waals surface area contributed by atoms with Gasteiger partial charge in [0.25, 0.3) is 11.8 Å². The molecule has 0 fully saturated rings. The molecule has 0 aliphatic rings. The van der Waals surface area contributed by atoms with E-state index in [-0.39, 0.29) is 17.8 Å². The molecule has 0 aliphatic carbocycles. The minimum absolute atomic E-state index is 0.0395. The Labute approximate surface area is 183 Å². The number of carbonyl (C=O) groups is 2. The summed E-state index contributed by atoms with van der Waals surface area (Å²) in [5.74, 6) is 0.193. The molecule has 0 spiro atoms. The lowest BCUT2D eigenvalue weighted by atomic mass is 10.2. The van der Waals surface area contributed by atoms with Crippen LogP contribution in [0.1, 0.15) is 40.9 Å². The van der Waals surface area contributed by atoms with Gasteiger partial charge in [0, 0.05) is 29.7 Å². The molecule has 2 N–H and O–H groups in total. The summed E-state index contributed by atoms with van der Waals surface area (Å²) in [6.07, 6.45) is 4.61. The summed E-state index contributed by atoms with van der Waals surface area (Å²) >= 11 is 0. The van der Waals surface area contributed by atoms with Crippen molar-refractivity contribution in [2.24, 2.45) is 0 Å². The fraction of sp³-hybridized carbons (Fsp3) is 0.136. The number of nitrogens with zero attached hydrogens (tertiary/aromatic N) is 6. The molecule has 10 nitrogen and oxygen atoms in total. The van der Waals surface area contributed by atoms with Crippen LogP contribution in [-0.4, -0.2) is 41.5 Å². The van der Waals surface area contributed by atoms with Crippen molar-refractivity contribution >= 4 is 23.3 Å². The molecule has 3 heterocycles. The van der Waals surface area contributed by atoms with Gasteiger partial charge in [0.05, 0.1) is 0 Å². The third-order valence-electron chi connectivity index (χ3n) is 4.50. The number of hydrogen-bond acceptors (Lipinski definition) is 7. The van der Waals surface area contributed by atoms with Crippen molar-refractivity contribution in [3.05, 3.63) is 78.6 Å². The lowest BCUT2D eigenvalue weighted by molar-refractivity contribution is 0.101. The number of anilines is 2. The summed E-state index contributed by atoms with van der Waals surface area (Å²) in [6.45, 7) is 4.04. The average Bonchev–Trinajstić information content (AvgIpc) is 3.30. The maximum atomic E-state index is 12.8. The third kappa shape index (κ3) is 4.64. The summed E-state index contributed by atoms with van der Waals surface area (Å²) in [6, 6.07) is 13.6. The number of nitrogens with one attached hydrogen (secondary N) is 2. The number of aromatic nitrogens is 6. The molecule has 0 aliphatic heterocycles. The van der Waals surface area contributed by atoms with Crippen LogP contribution in [0.25, 0.3) is 11.5 Å². The zero-order chi connectivity index (χ0) is 22.5. The molecular formula is C22H20N8O2. The van der Waals surface area contributed by atoms with Crippen LogP contribution in [0, 0.1) is 0 Å². The summed E-state index contributed by atoms with van der Waals surface area (Å²) in [5, 5.41) is 13.6. The molecule has 3 aromatic heterocycles. The van der Waals surface area contributed by atoms with Gasteiger partial charge in [-0.05, 0) is 50.2 Å². The van der Waals surface area contributed by atoms with Crippen molar-refractivity contribution < 1.29 is 9.59 Å². The second-order valence-electron chi connectivity index (χ2n) is 7.13. The Balaban J connectivity index is 1.49. The zero-order valence-corrected chi connectivity index (χ0v) is 17.4. The number of hydrogen-bond donors (Lipinski definition) is 2. The van der Waals surface area contributed by atoms with Gasteiger partial charge in [0.15, 0.2) is 5.82 Å². The number of pyridine rings is 1. The molecule has 160 valence electrons. The molecule has 0 saturated heterocycles. The van der Waals surface area contributed by atoms with Crippen LogP contribution >= 0.6 is 0 Å². The molecule has 0 unspecified atom stereocenters. The monoisotopic (exact) mass is 428 g/mol. The van der Waals surface area contributed by atoms with E-state index in [1.165, 1.54) is 12.4 Å². The van der Waals surface area contributed by atoms with E-state index in [4.69, 9.17) is 0 Å². The Kier molecular flexibility index (Phi) is 5.93. The first-order valence-electron chi connectivity index (χ1n) is 9.88. The van der Waals surface area contributed by atoms with Gasteiger partial charge in [0.2, 0.25) is 5.82 Å². The van der Waals surface area contributed by atoms with Crippen molar-refractivity contribution in [1.29, 1.82) is 0 Å². The van der Waals surface area contributed by atoms with Crippen LogP contribution in [0.5, 0.6) is 0 Å². The second kappa shape index (κ2) is 9.13. The highest BCUT2D eigenvalue weighted by Crippen LogP contribution is 2.20. The van der Waals surface area contributed by atoms with Gasteiger partial charge >= 0.3 is 0 Å². The normalized spacial score (nSPS) is 10.7. The maximum Gasteiger partial charge on any atom is 0.293 e. The van der Waals surface area contributed by atoms with E-state index in [0.717, 1.165) is 0 Å². The number of amides is 2. The van der Waals surface area contributed by atoms with E-state index >= 15 is 0 Å². The number of benzene rings is 1. The zero-order valence-electron chi connectivity index (χ0n) is 17.4. The lowest BCUT2D eigenvalue weighted by Gasteiger charge is -2.11. The van der Waals surface area contributed by atoms with Crippen molar-refractivity contribution in [3.63, 3.8) is 0 Å². The molecule has 1 aromatic carbocycles. The number of carbonyl (C=O) groups excluding carboxylic acids is 2. The van der Waals surface area contributed by atoms with E-state index in [1.54, 1.807) is 54.9 Å². The van der Waals surface area contributed by atoms with Crippen molar-refractivity contribution in [1.82, 2.24) is 29.7 Å². The minimum Gasteiger partial charge on any atom is -0.319 e. The predicted octanol–water partition coefficient (Wildman–Crippen LogP) is 3.22. The van der Waals surface area contributed by atoms with Gasteiger partial charge in [-0.15, -0.1) is 10.2 Å². The fourth-order valence-electron chi connectivity index (χ4n) is 2.96. The summed E-state index contributed by atoms with van der Waals surface area (Å²) in [5.41, 5.74) is 1.40. The third-order valence-corrected chi connectivity index (χ3v) is 4.50. The van der Waals surface area contributed by atoms with Crippen LogP contribution in [0.4, 0.5) is 11.5 Å². The first kappa shape index (κ1) is 20.8. The van der Waals surface area contributed by atoms with Gasteiger partial charge in [0.1, 0.15) is 17.8 Å². The first-order valence-corrected chi connectivity index (χ1v) is 9.88. The standard InChI is InChI=1S/C22H20N8O2/c1-14(2)30-13-25-29-20(30)17-8-4-9-18(27-17)28-21(31)15-6-3-7-16(12-15)26-22(32)19-23-10-5-11-24-19/h3-14H,1-2H3,(H,26,32)(H,27,28,31). The Bertz CT molecular complexity index is 1250. The average molecular weight is 428 g/mol. The maximum absolute atomic E-state index is 12.8. The highest BCUT2D eigenvalue weighted by atomic mass is 16.2. The fourth-order valence-corrected chi connectivity index (χ4v) is 2.96. The molecule has 0 bridgehead atoms. The van der Waals surface area contributed by atoms with Crippen LogP contribution in [0.15, 0.2) is 67.3 Å². The van der Waals surface area contributed by atoms with Crippen LogP contribution in [0.3, 0.4) is 0 Å². The summed E-state index contributed by atoms with van der Waals surface area (Å²) in [4.78, 5) is 37.3. The number of rotatable bonds is 6. The largest absolute Gasteiger partial charge is 0.319 e. The second-order valence-corrected chi connectivity index (χ2v) is 7.13. The van der Waals surface area contributed by atoms with E-state index in [0.29, 0.717) is 28.6 Å². The molecule has 0 saturated carbocycles. The molecule has 0 radical (unpaired) electrons. The summed E-state index contributed by atoms with van der Waals surface area (Å²) in [7, 11) is 0. The van der Waals surface area contributed by atoms with Crippen molar-refractivity contribution in [2.75, 3.05) is 10.6 Å². The highest BCUT2D eigenvalue weighted by molar-refractivity contribution is 6.06. The quantitative estimate of drug-likeness (QED) is 0.483. The first-order chi connectivity index (χ1) is 15.5. The van der Waals surface area contributed by atoms with Gasteiger partial charge < -0.3 is 15.2 Å². The molecule has 2 amide bonds. The summed E-state index contributed by atoms with van der Waals surface area (Å²) < 4.78 is 1.90. The molecule has 4 aromatic rings. The Morgan fingerprint density at radius 3 is 2.50 bits per heavy atom. The van der Waals surface area contributed by atoms with Gasteiger partial charge in [-0.1, -0.05) is 12.1 Å². The lowest BCUT2D eigenvalue weighted by Crippen LogP contribution is -2.17. The van der Waals surface area contributed by atoms with E-state index < -0.39 is 5.91 Å². The smallest absolute Gasteiger partial charge is 0.293 e. The minimum atomic E-state index is -0.466. The topological polar surface area (TPSA) is 128 Å². The Morgan fingerprint density at radius 1 is 0.938 bits per heavy atom. The molecule has 10 heteroatoms. The van der Waals surface area contributed by atoms with E-state index in [2.05, 4.69) is 35.8 Å². The SMILES string of the molecule is CC(C)n1cnnc1-c1cccc(NC(=O)c2cccc(NC(=O)c3ncccn3)c2)n1. The van der Waals surface area contributed by atoms with Crippen LogP contribution in [0.2, 0.25) is 0 Å². The van der Waals surface area contributed by atoms with Gasteiger partial charge in [-0.3, -0.25) is 9.59 Å². The van der Waals surface area contributed by atoms with E-state index in [1.807, 2.05) is 18.4 Å². The molecule has 0 atom stereocenters. The van der Waals surface area contributed by atoms with E-state index in [9.17, 15) is 9.59 Å². The Hall–Kier alpha value is -4.47. The Morgan fingerprint density at radius 2 is 1.72 bits per heavy atom. The van der Waals surface area contributed by atoms with Gasteiger partial charge in [-0.25, -0.2) is 15.0 Å². The predicted molar refractivity (Wildman–Crippen MR) is 118 cm³/mol. The van der Waals surface area contributed by atoms with Crippen LogP contribution < -0.4 is 10.6 Å². The molecular weight excluding hydrogens is 408 g/mol. The van der Waals surface area contributed by atoms with Gasteiger partial charge in [-0.2, -0.15) is 0 Å². The van der Waals surface area contributed by atoms with Crippen molar-refractivity contribution in [3.8, 4) is 11.5 Å². The molecule has 4 rings (SSSR count).